The fraction of sp³-hybridized carbons (Fsp3) is 0.0833. The molecule has 1 amide bonds. The van der Waals surface area contributed by atoms with E-state index in [1.54, 1.807) is 36.4 Å². The zero-order valence-corrected chi connectivity index (χ0v) is 17.1. The number of benzene rings is 2. The van der Waals surface area contributed by atoms with Gasteiger partial charge in [0.25, 0.3) is 0 Å². The average molecular weight is 427 g/mol. The van der Waals surface area contributed by atoms with Gasteiger partial charge in [0.2, 0.25) is 5.95 Å². The van der Waals surface area contributed by atoms with Crippen molar-refractivity contribution >= 4 is 17.9 Å². The zero-order chi connectivity index (χ0) is 22.5. The Morgan fingerprint density at radius 3 is 2.31 bits per heavy atom. The van der Waals surface area contributed by atoms with Crippen molar-refractivity contribution in [2.45, 2.75) is 6.42 Å². The van der Waals surface area contributed by atoms with Crippen LogP contribution in [0.3, 0.4) is 0 Å². The smallest absolute Gasteiger partial charge is 0.340 e. The zero-order valence-electron chi connectivity index (χ0n) is 17.1. The van der Waals surface area contributed by atoms with Gasteiger partial charge in [-0.25, -0.2) is 19.6 Å². The van der Waals surface area contributed by atoms with Crippen molar-refractivity contribution in [3.8, 4) is 22.6 Å². The molecule has 0 fully saturated rings. The van der Waals surface area contributed by atoms with Crippen LogP contribution in [0.15, 0.2) is 79.0 Å². The third-order valence-corrected chi connectivity index (χ3v) is 4.89. The first-order valence-electron chi connectivity index (χ1n) is 9.95. The van der Waals surface area contributed by atoms with Crippen molar-refractivity contribution in [2.75, 3.05) is 12.3 Å². The molecule has 8 nitrogen and oxygen atoms in total. The quantitative estimate of drug-likeness (QED) is 0.453. The number of nitrogens with zero attached hydrogens (tertiary/aromatic N) is 3. The highest BCUT2D eigenvalue weighted by Gasteiger charge is 2.26. The summed E-state index contributed by atoms with van der Waals surface area (Å²) in [5.41, 5.74) is 14.3. The molecule has 0 aliphatic carbocycles. The molecule has 0 spiro atoms. The van der Waals surface area contributed by atoms with Gasteiger partial charge in [-0.2, -0.15) is 0 Å². The van der Waals surface area contributed by atoms with Crippen molar-refractivity contribution in [1.82, 2.24) is 14.5 Å². The summed E-state index contributed by atoms with van der Waals surface area (Å²) in [4.78, 5) is 33.6. The lowest BCUT2D eigenvalue weighted by Gasteiger charge is -2.11. The van der Waals surface area contributed by atoms with Crippen LogP contribution in [-0.2, 0) is 11.2 Å². The first kappa shape index (κ1) is 20.8. The van der Waals surface area contributed by atoms with E-state index in [9.17, 15) is 9.59 Å². The second-order valence-corrected chi connectivity index (χ2v) is 7.00. The lowest BCUT2D eigenvalue weighted by molar-refractivity contribution is 0.0510. The number of hydrogen-bond acceptors (Lipinski definition) is 6. The molecular formula is C24H21N5O3. The number of carbonyl (C=O) groups is 2. The molecule has 0 unspecified atom stereocenters. The van der Waals surface area contributed by atoms with Crippen LogP contribution in [0.25, 0.3) is 22.6 Å². The van der Waals surface area contributed by atoms with Crippen LogP contribution in [0.1, 0.15) is 15.9 Å². The molecule has 160 valence electrons. The number of aromatic nitrogens is 3. The predicted molar refractivity (Wildman–Crippen MR) is 121 cm³/mol. The minimum atomic E-state index is -0.764. The molecule has 0 aliphatic rings. The minimum Gasteiger partial charge on any atom is -0.462 e. The molecule has 0 atom stereocenters. The average Bonchev–Trinajstić information content (AvgIpc) is 3.22. The number of anilines is 1. The Hall–Kier alpha value is -4.46. The van der Waals surface area contributed by atoms with E-state index in [4.69, 9.17) is 16.2 Å². The predicted octanol–water partition coefficient (Wildman–Crippen LogP) is 3.52. The molecule has 4 N–H and O–H groups in total. The van der Waals surface area contributed by atoms with E-state index in [1.807, 2.05) is 36.4 Å². The Balaban J connectivity index is 1.75. The Bertz CT molecular complexity index is 1250. The van der Waals surface area contributed by atoms with Gasteiger partial charge in [-0.15, -0.1) is 0 Å². The lowest BCUT2D eigenvalue weighted by atomic mass is 10.1. The first-order valence-corrected chi connectivity index (χ1v) is 9.95. The van der Waals surface area contributed by atoms with Crippen LogP contribution in [0.5, 0.6) is 0 Å². The van der Waals surface area contributed by atoms with Crippen LogP contribution in [0, 0.1) is 0 Å². The highest BCUT2D eigenvalue weighted by molar-refractivity contribution is 6.02. The Kier molecular flexibility index (Phi) is 5.94. The van der Waals surface area contributed by atoms with Gasteiger partial charge in [0.15, 0.2) is 0 Å². The van der Waals surface area contributed by atoms with Crippen molar-refractivity contribution in [3.63, 3.8) is 0 Å². The highest BCUT2D eigenvalue weighted by Crippen LogP contribution is 2.32. The lowest BCUT2D eigenvalue weighted by Crippen LogP contribution is -2.22. The minimum absolute atomic E-state index is 0.0352. The Labute approximate surface area is 184 Å². The topological polar surface area (TPSA) is 126 Å². The molecule has 0 radical (unpaired) electrons. The van der Waals surface area contributed by atoms with E-state index >= 15 is 0 Å². The van der Waals surface area contributed by atoms with Crippen molar-refractivity contribution in [3.05, 3.63) is 90.1 Å². The summed E-state index contributed by atoms with van der Waals surface area (Å²) in [5, 5.41) is 0. The van der Waals surface area contributed by atoms with Gasteiger partial charge in [-0.1, -0.05) is 60.7 Å². The van der Waals surface area contributed by atoms with Crippen LogP contribution in [0.2, 0.25) is 0 Å². The largest absolute Gasteiger partial charge is 0.462 e. The number of carbonyl (C=O) groups excluding carboxylic acids is 2. The third-order valence-electron chi connectivity index (χ3n) is 4.89. The molecule has 0 saturated carbocycles. The van der Waals surface area contributed by atoms with Crippen LogP contribution in [0.4, 0.5) is 10.7 Å². The molecule has 4 aromatic rings. The number of nitrogens with two attached hydrogens (primary N) is 2. The van der Waals surface area contributed by atoms with Gasteiger partial charge in [0.1, 0.15) is 0 Å². The number of primary amides is 1. The summed E-state index contributed by atoms with van der Waals surface area (Å²) in [6.45, 7) is 0.189. The van der Waals surface area contributed by atoms with E-state index < -0.39 is 12.0 Å². The maximum absolute atomic E-state index is 13.1. The summed E-state index contributed by atoms with van der Waals surface area (Å²) in [7, 11) is 0. The number of hydrogen-bond donors (Lipinski definition) is 2. The van der Waals surface area contributed by atoms with Crippen molar-refractivity contribution in [2.24, 2.45) is 5.73 Å². The summed E-state index contributed by atoms with van der Waals surface area (Å²) in [6.07, 6.45) is 2.04. The third kappa shape index (κ3) is 4.34. The number of rotatable bonds is 6. The fourth-order valence-corrected chi connectivity index (χ4v) is 3.46. The Morgan fingerprint density at radius 1 is 0.969 bits per heavy atom. The van der Waals surface area contributed by atoms with E-state index in [0.717, 1.165) is 5.56 Å². The highest BCUT2D eigenvalue weighted by atomic mass is 16.5. The van der Waals surface area contributed by atoms with E-state index in [1.165, 1.54) is 10.8 Å². The molecule has 32 heavy (non-hydrogen) atoms. The fourth-order valence-electron chi connectivity index (χ4n) is 3.46. The molecular weight excluding hydrogens is 406 g/mol. The second kappa shape index (κ2) is 9.13. The van der Waals surface area contributed by atoms with Gasteiger partial charge in [0, 0.05) is 12.6 Å². The summed E-state index contributed by atoms with van der Waals surface area (Å²) < 4.78 is 6.78. The number of esters is 1. The van der Waals surface area contributed by atoms with Crippen LogP contribution < -0.4 is 11.5 Å². The molecule has 2 aromatic heterocycles. The number of amides is 1. The molecule has 2 heterocycles. The van der Waals surface area contributed by atoms with Crippen molar-refractivity contribution in [1.29, 1.82) is 0 Å². The normalized spacial score (nSPS) is 10.6. The summed E-state index contributed by atoms with van der Waals surface area (Å²) >= 11 is 0. The maximum atomic E-state index is 13.1. The molecule has 0 aliphatic heterocycles. The number of ether oxygens (including phenoxy) is 1. The van der Waals surface area contributed by atoms with E-state index in [-0.39, 0.29) is 18.1 Å². The monoisotopic (exact) mass is 427 g/mol. The summed E-state index contributed by atoms with van der Waals surface area (Å²) in [5.74, 6) is -0.531. The van der Waals surface area contributed by atoms with Gasteiger partial charge < -0.3 is 16.2 Å². The second-order valence-electron chi connectivity index (χ2n) is 7.00. The molecule has 8 heteroatoms. The molecule has 4 rings (SSSR count). The standard InChI is InChI=1S/C24H21N5O3/c25-23-27-13-11-19(28-23)20-15-18(22(30)32-14-12-16-7-3-1-4-8-16)21(29(20)24(26)31)17-9-5-2-6-10-17/h1-11,13,15H,12,14H2,(H2,26,31)(H2,25,27,28). The maximum Gasteiger partial charge on any atom is 0.340 e. The van der Waals surface area contributed by atoms with Gasteiger partial charge in [-0.05, 0) is 23.3 Å². The molecule has 0 bridgehead atoms. The first-order chi connectivity index (χ1) is 15.5. The van der Waals surface area contributed by atoms with Gasteiger partial charge in [-0.3, -0.25) is 4.57 Å². The number of nitrogen functional groups attached to an aromatic ring is 1. The van der Waals surface area contributed by atoms with E-state index in [0.29, 0.717) is 29.1 Å². The molecule has 0 saturated heterocycles. The van der Waals surface area contributed by atoms with Crippen LogP contribution >= 0.6 is 0 Å². The molecule has 2 aromatic carbocycles. The van der Waals surface area contributed by atoms with Crippen molar-refractivity contribution < 1.29 is 14.3 Å². The summed E-state index contributed by atoms with van der Waals surface area (Å²) in [6, 6.07) is 21.1. The van der Waals surface area contributed by atoms with E-state index in [2.05, 4.69) is 9.97 Å². The SMILES string of the molecule is NC(=O)n1c(-c2ccnc(N)n2)cc(C(=O)OCCc2ccccc2)c1-c1ccccc1. The van der Waals surface area contributed by atoms with Gasteiger partial charge >= 0.3 is 12.0 Å². The van der Waals surface area contributed by atoms with Gasteiger partial charge in [0.05, 0.1) is 29.3 Å². The Morgan fingerprint density at radius 2 is 1.66 bits per heavy atom. The van der Waals surface area contributed by atoms with Crippen LogP contribution in [-0.4, -0.2) is 33.1 Å².